The third-order valence-electron chi connectivity index (χ3n) is 4.29. The first-order chi connectivity index (χ1) is 11.7. The Labute approximate surface area is 139 Å². The van der Waals surface area contributed by atoms with Crippen LogP contribution in [0.15, 0.2) is 47.1 Å². The van der Waals surface area contributed by atoms with Crippen LogP contribution in [0.25, 0.3) is 11.0 Å². The SMILES string of the molecule is O=C(Cn1c(C2CC2)nc2ccccc21)NCC(O)c1ccco1. The van der Waals surface area contributed by atoms with Gasteiger partial charge in [0.05, 0.1) is 23.8 Å². The minimum absolute atomic E-state index is 0.123. The number of carbonyl (C=O) groups is 1. The largest absolute Gasteiger partial charge is 0.467 e. The molecule has 0 spiro atoms. The molecule has 0 radical (unpaired) electrons. The van der Waals surface area contributed by atoms with Gasteiger partial charge in [0.2, 0.25) is 5.91 Å². The number of nitrogens with zero attached hydrogens (tertiary/aromatic N) is 2. The van der Waals surface area contributed by atoms with Gasteiger partial charge in [0.15, 0.2) is 0 Å². The molecule has 124 valence electrons. The van der Waals surface area contributed by atoms with E-state index in [0.29, 0.717) is 11.7 Å². The number of hydrogen-bond donors (Lipinski definition) is 2. The molecular weight excluding hydrogens is 306 g/mol. The molecule has 1 aliphatic carbocycles. The average Bonchev–Trinajstić information content (AvgIpc) is 3.16. The van der Waals surface area contributed by atoms with Crippen LogP contribution >= 0.6 is 0 Å². The summed E-state index contributed by atoms with van der Waals surface area (Å²) in [5.74, 6) is 1.74. The van der Waals surface area contributed by atoms with Gasteiger partial charge in [-0.1, -0.05) is 12.1 Å². The number of para-hydroxylation sites is 2. The van der Waals surface area contributed by atoms with Crippen molar-refractivity contribution in [2.75, 3.05) is 6.54 Å². The standard InChI is InChI=1S/C18H19N3O3/c22-15(16-6-3-9-24-16)10-19-17(23)11-21-14-5-2-1-4-13(14)20-18(21)12-7-8-12/h1-6,9,12,15,22H,7-8,10-11H2,(H,19,23). The number of nitrogens with one attached hydrogen (secondary N) is 1. The van der Waals surface area contributed by atoms with E-state index in [4.69, 9.17) is 4.42 Å². The highest BCUT2D eigenvalue weighted by atomic mass is 16.4. The minimum Gasteiger partial charge on any atom is -0.467 e. The maximum absolute atomic E-state index is 12.3. The zero-order valence-corrected chi connectivity index (χ0v) is 13.2. The van der Waals surface area contributed by atoms with Gasteiger partial charge in [-0.2, -0.15) is 0 Å². The number of amides is 1. The summed E-state index contributed by atoms with van der Waals surface area (Å²) in [4.78, 5) is 17.0. The van der Waals surface area contributed by atoms with E-state index < -0.39 is 6.10 Å². The van der Waals surface area contributed by atoms with Crippen LogP contribution in [0.1, 0.15) is 36.4 Å². The number of fused-ring (bicyclic) bond motifs is 1. The van der Waals surface area contributed by atoms with Gasteiger partial charge in [0.25, 0.3) is 0 Å². The highest BCUT2D eigenvalue weighted by molar-refractivity contribution is 5.81. The summed E-state index contributed by atoms with van der Waals surface area (Å²) in [6.45, 7) is 0.328. The number of aliphatic hydroxyl groups excluding tert-OH is 1. The molecule has 2 heterocycles. The summed E-state index contributed by atoms with van der Waals surface area (Å²) in [6, 6.07) is 11.3. The second-order valence-electron chi connectivity index (χ2n) is 6.15. The molecule has 24 heavy (non-hydrogen) atoms. The van der Waals surface area contributed by atoms with Crippen molar-refractivity contribution in [3.05, 3.63) is 54.2 Å². The third kappa shape index (κ3) is 2.92. The number of furan rings is 1. The molecule has 1 amide bonds. The fourth-order valence-electron chi connectivity index (χ4n) is 2.90. The first-order valence-electron chi connectivity index (χ1n) is 8.15. The Morgan fingerprint density at radius 1 is 1.33 bits per heavy atom. The summed E-state index contributed by atoms with van der Waals surface area (Å²) >= 11 is 0. The third-order valence-corrected chi connectivity index (χ3v) is 4.29. The molecule has 0 aliphatic heterocycles. The van der Waals surface area contributed by atoms with E-state index in [-0.39, 0.29) is 19.0 Å². The van der Waals surface area contributed by atoms with Crippen LogP contribution in [0, 0.1) is 0 Å². The van der Waals surface area contributed by atoms with E-state index in [9.17, 15) is 9.90 Å². The second-order valence-corrected chi connectivity index (χ2v) is 6.15. The lowest BCUT2D eigenvalue weighted by atomic mass is 10.2. The van der Waals surface area contributed by atoms with E-state index in [2.05, 4.69) is 10.3 Å². The number of carbonyl (C=O) groups excluding carboxylic acids is 1. The molecule has 2 N–H and O–H groups in total. The van der Waals surface area contributed by atoms with Gasteiger partial charge < -0.3 is 19.4 Å². The molecule has 1 unspecified atom stereocenters. The van der Waals surface area contributed by atoms with Gasteiger partial charge >= 0.3 is 0 Å². The molecule has 1 fully saturated rings. The van der Waals surface area contributed by atoms with Crippen LogP contribution < -0.4 is 5.32 Å². The Hall–Kier alpha value is -2.60. The van der Waals surface area contributed by atoms with E-state index in [1.165, 1.54) is 6.26 Å². The molecule has 1 atom stereocenters. The molecule has 1 saturated carbocycles. The molecular formula is C18H19N3O3. The summed E-state index contributed by atoms with van der Waals surface area (Å²) in [5, 5.41) is 12.7. The first kappa shape index (κ1) is 15.0. The molecule has 0 saturated heterocycles. The number of rotatable bonds is 6. The predicted molar refractivity (Wildman–Crippen MR) is 88.4 cm³/mol. The predicted octanol–water partition coefficient (Wildman–Crippen LogP) is 2.36. The van der Waals surface area contributed by atoms with Crippen molar-refractivity contribution in [2.45, 2.75) is 31.4 Å². The molecule has 6 heteroatoms. The van der Waals surface area contributed by atoms with E-state index in [1.807, 2.05) is 28.8 Å². The van der Waals surface area contributed by atoms with Gasteiger partial charge in [-0.15, -0.1) is 0 Å². The zero-order chi connectivity index (χ0) is 16.5. The fraction of sp³-hybridized carbons (Fsp3) is 0.333. The van der Waals surface area contributed by atoms with Crippen molar-refractivity contribution < 1.29 is 14.3 Å². The lowest BCUT2D eigenvalue weighted by molar-refractivity contribution is -0.122. The molecule has 2 aromatic heterocycles. The second kappa shape index (κ2) is 6.13. The quantitative estimate of drug-likeness (QED) is 0.729. The van der Waals surface area contributed by atoms with Gasteiger partial charge in [-0.3, -0.25) is 4.79 Å². The van der Waals surface area contributed by atoms with Crippen LogP contribution in [0.2, 0.25) is 0 Å². The van der Waals surface area contributed by atoms with Crippen molar-refractivity contribution in [1.82, 2.24) is 14.9 Å². The number of hydrogen-bond acceptors (Lipinski definition) is 4. The van der Waals surface area contributed by atoms with Crippen molar-refractivity contribution >= 4 is 16.9 Å². The maximum Gasteiger partial charge on any atom is 0.240 e. The van der Waals surface area contributed by atoms with Crippen LogP contribution in [0.4, 0.5) is 0 Å². The highest BCUT2D eigenvalue weighted by Crippen LogP contribution is 2.40. The van der Waals surface area contributed by atoms with Crippen molar-refractivity contribution in [2.24, 2.45) is 0 Å². The number of aromatic nitrogens is 2. The fourth-order valence-corrected chi connectivity index (χ4v) is 2.90. The highest BCUT2D eigenvalue weighted by Gasteiger charge is 2.30. The Bertz CT molecular complexity index is 850. The summed E-state index contributed by atoms with van der Waals surface area (Å²) in [7, 11) is 0. The molecule has 1 aromatic carbocycles. The minimum atomic E-state index is -0.841. The van der Waals surface area contributed by atoms with E-state index in [0.717, 1.165) is 29.7 Å². The number of aliphatic hydroxyl groups is 1. The molecule has 4 rings (SSSR count). The average molecular weight is 325 g/mol. The number of imidazole rings is 1. The van der Waals surface area contributed by atoms with Crippen molar-refractivity contribution in [3.63, 3.8) is 0 Å². The summed E-state index contributed by atoms with van der Waals surface area (Å²) in [6.07, 6.45) is 2.91. The van der Waals surface area contributed by atoms with Crippen molar-refractivity contribution in [3.8, 4) is 0 Å². The first-order valence-corrected chi connectivity index (χ1v) is 8.15. The summed E-state index contributed by atoms with van der Waals surface area (Å²) in [5.41, 5.74) is 1.89. The normalized spacial score (nSPS) is 15.5. The van der Waals surface area contributed by atoms with E-state index in [1.54, 1.807) is 12.1 Å². The van der Waals surface area contributed by atoms with Gasteiger partial charge in [0, 0.05) is 5.92 Å². The lowest BCUT2D eigenvalue weighted by Crippen LogP contribution is -2.31. The van der Waals surface area contributed by atoms with Gasteiger partial charge in [-0.05, 0) is 37.1 Å². The topological polar surface area (TPSA) is 80.3 Å². The maximum atomic E-state index is 12.3. The Kier molecular flexibility index (Phi) is 3.82. The van der Waals surface area contributed by atoms with Crippen LogP contribution in [0.5, 0.6) is 0 Å². The monoisotopic (exact) mass is 325 g/mol. The van der Waals surface area contributed by atoms with Crippen LogP contribution in [-0.4, -0.2) is 27.1 Å². The molecule has 6 nitrogen and oxygen atoms in total. The Morgan fingerprint density at radius 3 is 2.92 bits per heavy atom. The smallest absolute Gasteiger partial charge is 0.240 e. The zero-order valence-electron chi connectivity index (χ0n) is 13.2. The Balaban J connectivity index is 1.47. The van der Waals surface area contributed by atoms with Gasteiger partial charge in [-0.25, -0.2) is 4.98 Å². The van der Waals surface area contributed by atoms with Crippen LogP contribution in [0.3, 0.4) is 0 Å². The molecule has 3 aromatic rings. The molecule has 1 aliphatic rings. The lowest BCUT2D eigenvalue weighted by Gasteiger charge is -2.12. The van der Waals surface area contributed by atoms with Crippen LogP contribution in [-0.2, 0) is 11.3 Å². The summed E-state index contributed by atoms with van der Waals surface area (Å²) < 4.78 is 7.12. The number of benzene rings is 1. The van der Waals surface area contributed by atoms with E-state index >= 15 is 0 Å². The van der Waals surface area contributed by atoms with Crippen molar-refractivity contribution in [1.29, 1.82) is 0 Å². The molecule has 0 bridgehead atoms. The Morgan fingerprint density at radius 2 is 2.17 bits per heavy atom. The van der Waals surface area contributed by atoms with Gasteiger partial charge in [0.1, 0.15) is 24.2 Å².